The maximum absolute atomic E-state index is 12.9. The highest BCUT2D eigenvalue weighted by atomic mass is 79.9. The van der Waals surface area contributed by atoms with Gasteiger partial charge in [0.25, 0.3) is 0 Å². The first-order valence-electron chi connectivity index (χ1n) is 7.90. The molecular weight excluding hydrogens is 494 g/mol. The zero-order valence-electron chi connectivity index (χ0n) is 14.4. The molecule has 0 saturated carbocycles. The van der Waals surface area contributed by atoms with Crippen molar-refractivity contribution in [2.24, 2.45) is 0 Å². The lowest BCUT2D eigenvalue weighted by Gasteiger charge is -2.25. The number of alkyl halides is 2. The number of carbonyl (C=O) groups is 2. The minimum Gasteiger partial charge on any atom is -0.465 e. The summed E-state index contributed by atoms with van der Waals surface area (Å²) in [5.41, 5.74) is 0. The Kier molecular flexibility index (Phi) is 9.77. The van der Waals surface area contributed by atoms with E-state index in [9.17, 15) is 18.0 Å². The number of ether oxygens (including phenoxy) is 2. The van der Waals surface area contributed by atoms with Crippen LogP contribution in [0.1, 0.15) is 13.8 Å². The van der Waals surface area contributed by atoms with Crippen LogP contribution in [-0.2, 0) is 29.1 Å². The van der Waals surface area contributed by atoms with Crippen molar-refractivity contribution in [3.63, 3.8) is 0 Å². The lowest BCUT2D eigenvalue weighted by atomic mass is 10.4. The van der Waals surface area contributed by atoms with Crippen LogP contribution in [0.4, 0.5) is 0 Å². The van der Waals surface area contributed by atoms with E-state index in [2.05, 4.69) is 31.9 Å². The molecule has 0 aromatic heterocycles. The third-order valence-electron chi connectivity index (χ3n) is 3.19. The summed E-state index contributed by atoms with van der Waals surface area (Å²) in [5, 5.41) is 0. The molecule has 2 atom stereocenters. The van der Waals surface area contributed by atoms with Crippen molar-refractivity contribution in [1.82, 2.24) is 4.31 Å². The van der Waals surface area contributed by atoms with Gasteiger partial charge >= 0.3 is 11.9 Å². The van der Waals surface area contributed by atoms with E-state index in [4.69, 9.17) is 9.47 Å². The van der Waals surface area contributed by atoms with Crippen molar-refractivity contribution in [3.05, 3.63) is 30.3 Å². The standard InChI is InChI=1S/C16H21Br2NO6S/c1-3-24-15(20)13(17)10-19(11-14(18)16(21)25-4-2)26(22,23)12-8-6-5-7-9-12/h5-9,13-14H,3-4,10-11H2,1-2H3. The van der Waals surface area contributed by atoms with Gasteiger partial charge in [0, 0.05) is 13.1 Å². The van der Waals surface area contributed by atoms with Gasteiger partial charge in [0.1, 0.15) is 9.65 Å². The van der Waals surface area contributed by atoms with Crippen molar-refractivity contribution in [3.8, 4) is 0 Å². The molecule has 0 bridgehead atoms. The summed E-state index contributed by atoms with van der Waals surface area (Å²) in [6.45, 7) is 3.28. The molecule has 0 aliphatic rings. The molecule has 10 heteroatoms. The summed E-state index contributed by atoms with van der Waals surface area (Å²) in [4.78, 5) is 22.1. The minimum atomic E-state index is -3.93. The van der Waals surface area contributed by atoms with Gasteiger partial charge in [-0.05, 0) is 26.0 Å². The Hall–Kier alpha value is -0.970. The number of rotatable bonds is 10. The fourth-order valence-corrected chi connectivity index (χ4v) is 4.82. The zero-order valence-corrected chi connectivity index (χ0v) is 18.4. The molecular formula is C16H21Br2NO6S. The predicted octanol–water partition coefficient (Wildman–Crippen LogP) is 2.33. The topological polar surface area (TPSA) is 90.0 Å². The molecule has 0 N–H and O–H groups in total. The summed E-state index contributed by atoms with van der Waals surface area (Å²) in [6, 6.07) is 7.78. The van der Waals surface area contributed by atoms with Crippen LogP contribution in [0.3, 0.4) is 0 Å². The third kappa shape index (κ3) is 6.64. The normalized spacial score (nSPS) is 13.9. The Morgan fingerprint density at radius 3 is 1.77 bits per heavy atom. The van der Waals surface area contributed by atoms with E-state index in [1.807, 2.05) is 0 Å². The highest BCUT2D eigenvalue weighted by Gasteiger charge is 2.33. The molecule has 146 valence electrons. The number of nitrogens with zero attached hydrogens (tertiary/aromatic N) is 1. The molecule has 0 heterocycles. The van der Waals surface area contributed by atoms with Gasteiger partial charge in [-0.15, -0.1) is 0 Å². The van der Waals surface area contributed by atoms with Gasteiger partial charge in [0.05, 0.1) is 18.1 Å². The van der Waals surface area contributed by atoms with Gasteiger partial charge in [0.2, 0.25) is 10.0 Å². The van der Waals surface area contributed by atoms with E-state index in [1.54, 1.807) is 32.0 Å². The fraction of sp³-hybridized carbons (Fsp3) is 0.500. The maximum atomic E-state index is 12.9. The first-order chi connectivity index (χ1) is 12.2. The number of sulfonamides is 1. The number of benzene rings is 1. The van der Waals surface area contributed by atoms with Crippen LogP contribution in [0.2, 0.25) is 0 Å². The lowest BCUT2D eigenvalue weighted by molar-refractivity contribution is -0.142. The van der Waals surface area contributed by atoms with Crippen LogP contribution in [0.25, 0.3) is 0 Å². The first kappa shape index (κ1) is 23.1. The third-order valence-corrected chi connectivity index (χ3v) is 6.37. The molecule has 0 radical (unpaired) electrons. The van der Waals surface area contributed by atoms with Crippen molar-refractivity contribution in [1.29, 1.82) is 0 Å². The van der Waals surface area contributed by atoms with Gasteiger partial charge in [-0.2, -0.15) is 4.31 Å². The number of halogens is 2. The van der Waals surface area contributed by atoms with Crippen LogP contribution in [0.15, 0.2) is 35.2 Å². The smallest absolute Gasteiger partial charge is 0.321 e. The largest absolute Gasteiger partial charge is 0.465 e. The molecule has 1 aromatic rings. The summed E-state index contributed by atoms with van der Waals surface area (Å²) >= 11 is 6.31. The fourth-order valence-electron chi connectivity index (χ4n) is 1.98. The van der Waals surface area contributed by atoms with Gasteiger partial charge in [-0.3, -0.25) is 9.59 Å². The Bertz CT molecular complexity index is 672. The summed E-state index contributed by atoms with van der Waals surface area (Å²) in [5.74, 6) is -1.16. The molecule has 0 aliphatic heterocycles. The molecule has 1 rings (SSSR count). The SMILES string of the molecule is CCOC(=O)C(Br)CN(CC(Br)C(=O)OCC)S(=O)(=O)c1ccccc1. The van der Waals surface area contributed by atoms with Crippen molar-refractivity contribution < 1.29 is 27.5 Å². The molecule has 1 aromatic carbocycles. The Balaban J connectivity index is 3.08. The van der Waals surface area contributed by atoms with E-state index < -0.39 is 31.6 Å². The van der Waals surface area contributed by atoms with Crippen LogP contribution in [0.5, 0.6) is 0 Å². The molecule has 0 fully saturated rings. The van der Waals surface area contributed by atoms with Gasteiger partial charge in [-0.1, -0.05) is 50.1 Å². The first-order valence-corrected chi connectivity index (χ1v) is 11.2. The zero-order chi connectivity index (χ0) is 19.7. The summed E-state index contributed by atoms with van der Waals surface area (Å²) < 4.78 is 36.7. The van der Waals surface area contributed by atoms with Crippen LogP contribution < -0.4 is 0 Å². The number of carbonyl (C=O) groups excluding carboxylic acids is 2. The summed E-state index contributed by atoms with van der Waals surface area (Å²) in [6.07, 6.45) is 0. The van der Waals surface area contributed by atoms with E-state index in [0.717, 1.165) is 4.31 Å². The predicted molar refractivity (Wildman–Crippen MR) is 104 cm³/mol. The van der Waals surface area contributed by atoms with E-state index in [0.29, 0.717) is 0 Å². The Labute approximate surface area is 170 Å². The molecule has 0 spiro atoms. The number of hydrogen-bond acceptors (Lipinski definition) is 6. The van der Waals surface area contributed by atoms with Crippen LogP contribution in [-0.4, -0.2) is 60.6 Å². The molecule has 0 amide bonds. The van der Waals surface area contributed by atoms with Gasteiger partial charge in [0.15, 0.2) is 0 Å². The average molecular weight is 515 g/mol. The highest BCUT2D eigenvalue weighted by Crippen LogP contribution is 2.20. The summed E-state index contributed by atoms with van der Waals surface area (Å²) in [7, 11) is -3.93. The number of hydrogen-bond donors (Lipinski definition) is 0. The highest BCUT2D eigenvalue weighted by molar-refractivity contribution is 9.10. The minimum absolute atomic E-state index is 0.0621. The Morgan fingerprint density at radius 1 is 0.962 bits per heavy atom. The second kappa shape index (κ2) is 11.0. The molecule has 26 heavy (non-hydrogen) atoms. The molecule has 0 saturated heterocycles. The lowest BCUT2D eigenvalue weighted by Crippen LogP contribution is -2.43. The van der Waals surface area contributed by atoms with Crippen molar-refractivity contribution in [2.45, 2.75) is 28.4 Å². The number of esters is 2. The maximum Gasteiger partial charge on any atom is 0.321 e. The van der Waals surface area contributed by atoms with E-state index >= 15 is 0 Å². The van der Waals surface area contributed by atoms with Crippen molar-refractivity contribution >= 4 is 53.8 Å². The second-order valence-corrected chi connectivity index (χ2v) is 9.22. The second-order valence-electron chi connectivity index (χ2n) is 5.07. The quantitative estimate of drug-likeness (QED) is 0.351. The van der Waals surface area contributed by atoms with E-state index in [1.165, 1.54) is 12.1 Å². The van der Waals surface area contributed by atoms with Gasteiger partial charge in [-0.25, -0.2) is 8.42 Å². The molecule has 7 nitrogen and oxygen atoms in total. The monoisotopic (exact) mass is 513 g/mol. The van der Waals surface area contributed by atoms with Gasteiger partial charge < -0.3 is 9.47 Å². The Morgan fingerprint density at radius 2 is 1.38 bits per heavy atom. The van der Waals surface area contributed by atoms with Crippen molar-refractivity contribution in [2.75, 3.05) is 26.3 Å². The molecule has 2 unspecified atom stereocenters. The van der Waals surface area contributed by atoms with Crippen LogP contribution in [0, 0.1) is 0 Å². The average Bonchev–Trinajstić information content (AvgIpc) is 2.62. The molecule has 0 aliphatic carbocycles. The van der Waals surface area contributed by atoms with E-state index in [-0.39, 0.29) is 31.2 Å². The van der Waals surface area contributed by atoms with Crippen LogP contribution >= 0.6 is 31.9 Å².